The van der Waals surface area contributed by atoms with E-state index in [2.05, 4.69) is 38.3 Å². The molecule has 1 aliphatic rings. The molecule has 0 aliphatic heterocycles. The van der Waals surface area contributed by atoms with E-state index in [1.54, 1.807) is 11.3 Å². The number of halogens is 1. The molecule has 4 heteroatoms. The van der Waals surface area contributed by atoms with Crippen molar-refractivity contribution in [2.24, 2.45) is 0 Å². The van der Waals surface area contributed by atoms with E-state index in [-0.39, 0.29) is 6.10 Å². The van der Waals surface area contributed by atoms with Gasteiger partial charge in [-0.2, -0.15) is 0 Å². The number of hydrogen-bond acceptors (Lipinski definition) is 3. The van der Waals surface area contributed by atoms with Crippen molar-refractivity contribution in [3.8, 4) is 0 Å². The van der Waals surface area contributed by atoms with Gasteiger partial charge in [0.2, 0.25) is 0 Å². The van der Waals surface area contributed by atoms with E-state index in [1.807, 2.05) is 0 Å². The molecule has 0 radical (unpaired) electrons. The molecule has 1 aromatic heterocycles. The Morgan fingerprint density at radius 1 is 1.60 bits per heavy atom. The van der Waals surface area contributed by atoms with Crippen molar-refractivity contribution >= 4 is 27.3 Å². The van der Waals surface area contributed by atoms with Crippen LogP contribution in [0.2, 0.25) is 0 Å². The van der Waals surface area contributed by atoms with Crippen molar-refractivity contribution in [3.05, 3.63) is 22.4 Å². The third kappa shape index (κ3) is 3.55. The summed E-state index contributed by atoms with van der Waals surface area (Å²) in [5.74, 6) is 0. The van der Waals surface area contributed by atoms with E-state index < -0.39 is 0 Å². The first-order valence-electron chi connectivity index (χ1n) is 5.30. The number of hydrogen-bond donors (Lipinski definition) is 1. The third-order valence-corrected chi connectivity index (χ3v) is 4.23. The lowest BCUT2D eigenvalue weighted by atomic mass is 10.3. The summed E-state index contributed by atoms with van der Waals surface area (Å²) in [4.78, 5) is 3.79. The predicted molar refractivity (Wildman–Crippen MR) is 67.6 cm³/mol. The molecule has 1 atom stereocenters. The van der Waals surface area contributed by atoms with Crippen molar-refractivity contribution in [1.82, 2.24) is 4.90 Å². The zero-order valence-corrected chi connectivity index (χ0v) is 11.0. The fraction of sp³-hybridized carbons (Fsp3) is 0.636. The molecule has 0 spiro atoms. The number of aliphatic hydroxyl groups is 1. The van der Waals surface area contributed by atoms with Crippen LogP contribution in [0.4, 0.5) is 0 Å². The zero-order chi connectivity index (χ0) is 10.7. The minimum Gasteiger partial charge on any atom is -0.391 e. The van der Waals surface area contributed by atoms with Crippen LogP contribution in [0.5, 0.6) is 0 Å². The quantitative estimate of drug-likeness (QED) is 0.814. The summed E-state index contributed by atoms with van der Waals surface area (Å²) in [6.45, 7) is 1.78. The van der Waals surface area contributed by atoms with Gasteiger partial charge >= 0.3 is 0 Å². The molecular formula is C11H16BrNOS. The van der Waals surface area contributed by atoms with Crippen LogP contribution in [0.3, 0.4) is 0 Å². The average molecular weight is 290 g/mol. The number of thiophene rings is 1. The summed E-state index contributed by atoms with van der Waals surface area (Å²) in [5.41, 5.74) is 0. The first-order valence-corrected chi connectivity index (χ1v) is 7.30. The van der Waals surface area contributed by atoms with Crippen LogP contribution in [-0.4, -0.2) is 34.0 Å². The maximum Gasteiger partial charge on any atom is 0.0763 e. The minimum absolute atomic E-state index is 0.245. The fourth-order valence-corrected chi connectivity index (χ4v) is 2.64. The highest BCUT2D eigenvalue weighted by molar-refractivity contribution is 9.09. The van der Waals surface area contributed by atoms with Gasteiger partial charge in [0, 0.05) is 29.3 Å². The molecule has 0 saturated heterocycles. The Balaban J connectivity index is 1.88. The highest BCUT2D eigenvalue weighted by atomic mass is 79.9. The summed E-state index contributed by atoms with van der Waals surface area (Å²) in [5, 5.41) is 12.4. The Hall–Kier alpha value is 0.100. The van der Waals surface area contributed by atoms with Gasteiger partial charge < -0.3 is 5.11 Å². The summed E-state index contributed by atoms with van der Waals surface area (Å²) in [7, 11) is 0. The summed E-state index contributed by atoms with van der Waals surface area (Å²) in [6, 6.07) is 4.97. The summed E-state index contributed by atoms with van der Waals surface area (Å²) >= 11 is 5.11. The van der Waals surface area contributed by atoms with Crippen LogP contribution in [0.1, 0.15) is 17.7 Å². The van der Waals surface area contributed by atoms with Crippen LogP contribution in [0.15, 0.2) is 17.5 Å². The molecule has 1 saturated carbocycles. The lowest BCUT2D eigenvalue weighted by Crippen LogP contribution is -2.34. The van der Waals surface area contributed by atoms with E-state index >= 15 is 0 Å². The molecule has 0 aromatic carbocycles. The second-order valence-corrected chi connectivity index (χ2v) is 5.73. The molecule has 84 valence electrons. The highest BCUT2D eigenvalue weighted by Gasteiger charge is 2.30. The summed E-state index contributed by atoms with van der Waals surface area (Å²) < 4.78 is 0. The molecule has 15 heavy (non-hydrogen) atoms. The summed E-state index contributed by atoms with van der Waals surface area (Å²) in [6.07, 6.45) is 2.34. The number of aliphatic hydroxyl groups excluding tert-OH is 1. The van der Waals surface area contributed by atoms with E-state index in [4.69, 9.17) is 0 Å². The van der Waals surface area contributed by atoms with Gasteiger partial charge in [0.1, 0.15) is 0 Å². The van der Waals surface area contributed by atoms with Crippen molar-refractivity contribution in [1.29, 1.82) is 0 Å². The lowest BCUT2D eigenvalue weighted by Gasteiger charge is -2.23. The van der Waals surface area contributed by atoms with Crippen LogP contribution in [-0.2, 0) is 6.54 Å². The standard InChI is InChI=1S/C11H16BrNOS/c12-6-10(14)7-13(9-3-4-9)8-11-2-1-5-15-11/h1-2,5,9-10,14H,3-4,6-8H2. The molecule has 2 rings (SSSR count). The van der Waals surface area contributed by atoms with E-state index in [9.17, 15) is 5.11 Å². The Morgan fingerprint density at radius 3 is 2.93 bits per heavy atom. The monoisotopic (exact) mass is 289 g/mol. The van der Waals surface area contributed by atoms with Crippen molar-refractivity contribution in [2.75, 3.05) is 11.9 Å². The second kappa shape index (κ2) is 5.43. The zero-order valence-electron chi connectivity index (χ0n) is 8.60. The first kappa shape index (κ1) is 11.6. The van der Waals surface area contributed by atoms with Crippen LogP contribution in [0, 0.1) is 0 Å². The molecule has 1 unspecified atom stereocenters. The van der Waals surface area contributed by atoms with Crippen LogP contribution < -0.4 is 0 Å². The maximum absolute atomic E-state index is 9.65. The average Bonchev–Trinajstić information content (AvgIpc) is 2.97. The Morgan fingerprint density at radius 2 is 2.40 bits per heavy atom. The van der Waals surface area contributed by atoms with E-state index in [0.717, 1.165) is 13.1 Å². The SMILES string of the molecule is OC(CBr)CN(Cc1cccs1)C1CC1. The van der Waals surface area contributed by atoms with Gasteiger partial charge in [-0.3, -0.25) is 4.90 Å². The smallest absolute Gasteiger partial charge is 0.0763 e. The van der Waals surface area contributed by atoms with Gasteiger partial charge in [0.25, 0.3) is 0 Å². The predicted octanol–water partition coefficient (Wildman–Crippen LogP) is 2.47. The van der Waals surface area contributed by atoms with Crippen molar-refractivity contribution in [3.63, 3.8) is 0 Å². The fourth-order valence-electron chi connectivity index (χ4n) is 1.70. The second-order valence-electron chi connectivity index (χ2n) is 4.05. The van der Waals surface area contributed by atoms with Gasteiger partial charge in [-0.25, -0.2) is 0 Å². The molecule has 1 heterocycles. The Labute approximate surface area is 103 Å². The van der Waals surface area contributed by atoms with Crippen LogP contribution >= 0.6 is 27.3 Å². The van der Waals surface area contributed by atoms with Gasteiger partial charge in [-0.15, -0.1) is 11.3 Å². The van der Waals surface area contributed by atoms with Gasteiger partial charge in [-0.1, -0.05) is 22.0 Å². The topological polar surface area (TPSA) is 23.5 Å². The van der Waals surface area contributed by atoms with E-state index in [1.165, 1.54) is 17.7 Å². The van der Waals surface area contributed by atoms with Crippen LogP contribution in [0.25, 0.3) is 0 Å². The van der Waals surface area contributed by atoms with E-state index in [0.29, 0.717) is 11.4 Å². The Kier molecular flexibility index (Phi) is 4.20. The van der Waals surface area contributed by atoms with Crippen molar-refractivity contribution in [2.45, 2.75) is 31.5 Å². The molecule has 1 N–H and O–H groups in total. The minimum atomic E-state index is -0.245. The highest BCUT2D eigenvalue weighted by Crippen LogP contribution is 2.29. The number of alkyl halides is 1. The molecule has 1 aliphatic carbocycles. The third-order valence-electron chi connectivity index (χ3n) is 2.63. The van der Waals surface area contributed by atoms with Gasteiger partial charge in [0.15, 0.2) is 0 Å². The first-order chi connectivity index (χ1) is 7.29. The molecule has 0 bridgehead atoms. The van der Waals surface area contributed by atoms with Gasteiger partial charge in [0.05, 0.1) is 6.10 Å². The number of rotatable bonds is 6. The molecule has 2 nitrogen and oxygen atoms in total. The Bertz CT molecular complexity index is 287. The van der Waals surface area contributed by atoms with Crippen molar-refractivity contribution < 1.29 is 5.11 Å². The maximum atomic E-state index is 9.65. The largest absolute Gasteiger partial charge is 0.391 e. The molecule has 1 aromatic rings. The normalized spacial score (nSPS) is 18.3. The lowest BCUT2D eigenvalue weighted by molar-refractivity contribution is 0.122. The van der Waals surface area contributed by atoms with Gasteiger partial charge in [-0.05, 0) is 24.3 Å². The molecule has 1 fully saturated rings. The number of nitrogens with zero attached hydrogens (tertiary/aromatic N) is 1. The molecule has 0 amide bonds. The molecular weight excluding hydrogens is 274 g/mol.